The maximum absolute atomic E-state index is 6.01. The van der Waals surface area contributed by atoms with Crippen molar-refractivity contribution >= 4 is 16.9 Å². The number of nitrogens with one attached hydrogen (secondary N) is 1. The Hall–Kier alpha value is -2.47. The summed E-state index contributed by atoms with van der Waals surface area (Å²) in [5.74, 6) is 1.45. The van der Waals surface area contributed by atoms with Gasteiger partial charge in [-0.15, -0.1) is 0 Å². The number of aromatic nitrogens is 4. The minimum absolute atomic E-state index is 0.255. The molecule has 124 valence electrons. The van der Waals surface area contributed by atoms with Crippen LogP contribution in [0.15, 0.2) is 42.9 Å². The molecule has 1 aliphatic rings. The molecule has 0 amide bonds. The lowest BCUT2D eigenvalue weighted by Gasteiger charge is -2.23. The standard InChI is InChI=1S/C18H22N6/c19-10-16(13-6-4-5-7-13)23-17-15-11-22-24(18(15)21-12-20-17)14-8-2-1-3-9-14/h1-3,8-9,11-13,16H,4-7,10,19H2,(H,20,21,23). The van der Waals surface area contributed by atoms with E-state index in [2.05, 4.69) is 20.4 Å². The highest BCUT2D eigenvalue weighted by Gasteiger charge is 2.25. The topological polar surface area (TPSA) is 81.7 Å². The third-order valence-corrected chi connectivity index (χ3v) is 4.91. The summed E-state index contributed by atoms with van der Waals surface area (Å²) < 4.78 is 1.84. The molecule has 0 radical (unpaired) electrons. The third kappa shape index (κ3) is 2.73. The van der Waals surface area contributed by atoms with Gasteiger partial charge in [0.1, 0.15) is 12.1 Å². The molecule has 0 bridgehead atoms. The van der Waals surface area contributed by atoms with Gasteiger partial charge in [-0.25, -0.2) is 14.6 Å². The normalized spacial score (nSPS) is 16.5. The summed E-state index contributed by atoms with van der Waals surface area (Å²) >= 11 is 0. The van der Waals surface area contributed by atoms with Crippen LogP contribution in [0.3, 0.4) is 0 Å². The molecule has 1 atom stereocenters. The van der Waals surface area contributed by atoms with Crippen LogP contribution < -0.4 is 11.1 Å². The van der Waals surface area contributed by atoms with Gasteiger partial charge in [-0.2, -0.15) is 5.10 Å². The SMILES string of the molecule is NCC(Nc1ncnc2c1cnn2-c1ccccc1)C1CCCC1. The number of nitrogens with two attached hydrogens (primary N) is 1. The Morgan fingerprint density at radius 3 is 2.71 bits per heavy atom. The summed E-state index contributed by atoms with van der Waals surface area (Å²) in [6.07, 6.45) is 8.50. The van der Waals surface area contributed by atoms with Crippen molar-refractivity contribution in [3.8, 4) is 5.69 Å². The summed E-state index contributed by atoms with van der Waals surface area (Å²) in [4.78, 5) is 8.87. The van der Waals surface area contributed by atoms with E-state index in [1.54, 1.807) is 6.33 Å². The molecule has 0 aliphatic heterocycles. The van der Waals surface area contributed by atoms with Crippen molar-refractivity contribution in [3.63, 3.8) is 0 Å². The monoisotopic (exact) mass is 322 g/mol. The average Bonchev–Trinajstić information content (AvgIpc) is 3.30. The zero-order valence-electron chi connectivity index (χ0n) is 13.6. The second kappa shape index (κ2) is 6.57. The second-order valence-electron chi connectivity index (χ2n) is 6.38. The number of para-hydroxylation sites is 1. The Balaban J connectivity index is 1.68. The first-order chi connectivity index (χ1) is 11.9. The van der Waals surface area contributed by atoms with Crippen molar-refractivity contribution < 1.29 is 0 Å². The van der Waals surface area contributed by atoms with Crippen LogP contribution >= 0.6 is 0 Å². The van der Waals surface area contributed by atoms with Crippen molar-refractivity contribution in [2.45, 2.75) is 31.7 Å². The highest BCUT2D eigenvalue weighted by atomic mass is 15.3. The summed E-state index contributed by atoms with van der Waals surface area (Å²) in [6.45, 7) is 0.614. The molecule has 0 spiro atoms. The quantitative estimate of drug-likeness (QED) is 0.755. The minimum Gasteiger partial charge on any atom is -0.365 e. The third-order valence-electron chi connectivity index (χ3n) is 4.91. The lowest BCUT2D eigenvalue weighted by molar-refractivity contribution is 0.461. The van der Waals surface area contributed by atoms with Crippen LogP contribution in [-0.4, -0.2) is 32.3 Å². The Morgan fingerprint density at radius 1 is 1.17 bits per heavy atom. The summed E-state index contributed by atoms with van der Waals surface area (Å²) in [5.41, 5.74) is 7.81. The van der Waals surface area contributed by atoms with Gasteiger partial charge in [-0.05, 0) is 30.9 Å². The number of rotatable bonds is 5. The predicted molar refractivity (Wildman–Crippen MR) is 95.1 cm³/mol. The maximum Gasteiger partial charge on any atom is 0.168 e. The van der Waals surface area contributed by atoms with Crippen LogP contribution in [0.25, 0.3) is 16.7 Å². The first-order valence-corrected chi connectivity index (χ1v) is 8.57. The number of anilines is 1. The Bertz CT molecular complexity index is 807. The molecule has 0 saturated heterocycles. The van der Waals surface area contributed by atoms with Gasteiger partial charge >= 0.3 is 0 Å². The lowest BCUT2D eigenvalue weighted by atomic mass is 9.98. The molecule has 3 aromatic rings. The van der Waals surface area contributed by atoms with Crippen molar-refractivity contribution in [1.29, 1.82) is 0 Å². The molecular weight excluding hydrogens is 300 g/mol. The molecule has 1 aromatic carbocycles. The zero-order chi connectivity index (χ0) is 16.4. The summed E-state index contributed by atoms with van der Waals surface area (Å²) in [5, 5.41) is 8.98. The van der Waals surface area contributed by atoms with Gasteiger partial charge in [0, 0.05) is 12.6 Å². The zero-order valence-corrected chi connectivity index (χ0v) is 13.6. The van der Waals surface area contributed by atoms with E-state index < -0.39 is 0 Å². The second-order valence-corrected chi connectivity index (χ2v) is 6.38. The van der Waals surface area contributed by atoms with E-state index in [0.717, 1.165) is 22.5 Å². The number of hydrogen-bond acceptors (Lipinski definition) is 5. The molecule has 4 rings (SSSR count). The fraction of sp³-hybridized carbons (Fsp3) is 0.389. The van der Waals surface area contributed by atoms with Gasteiger partial charge in [-0.3, -0.25) is 0 Å². The molecule has 24 heavy (non-hydrogen) atoms. The van der Waals surface area contributed by atoms with Crippen LogP contribution in [0.4, 0.5) is 5.82 Å². The lowest BCUT2D eigenvalue weighted by Crippen LogP contribution is -2.35. The van der Waals surface area contributed by atoms with Crippen LogP contribution in [0, 0.1) is 5.92 Å². The molecule has 1 aliphatic carbocycles. The Labute approximate surface area is 141 Å². The minimum atomic E-state index is 0.255. The molecule has 3 N–H and O–H groups in total. The van der Waals surface area contributed by atoms with Gasteiger partial charge in [0.15, 0.2) is 5.65 Å². The van der Waals surface area contributed by atoms with Crippen LogP contribution in [0.1, 0.15) is 25.7 Å². The fourth-order valence-corrected chi connectivity index (χ4v) is 3.62. The fourth-order valence-electron chi connectivity index (χ4n) is 3.62. The molecule has 1 unspecified atom stereocenters. The molecule has 6 nitrogen and oxygen atoms in total. The highest BCUT2D eigenvalue weighted by Crippen LogP contribution is 2.30. The molecule has 1 saturated carbocycles. The van der Waals surface area contributed by atoms with Crippen molar-refractivity contribution in [1.82, 2.24) is 19.7 Å². The molecule has 2 aromatic heterocycles. The first kappa shape index (κ1) is 15.1. The first-order valence-electron chi connectivity index (χ1n) is 8.57. The van der Waals surface area contributed by atoms with E-state index in [9.17, 15) is 0 Å². The van der Waals surface area contributed by atoms with Gasteiger partial charge < -0.3 is 11.1 Å². The maximum atomic E-state index is 6.01. The van der Waals surface area contributed by atoms with E-state index >= 15 is 0 Å². The largest absolute Gasteiger partial charge is 0.365 e. The van der Waals surface area contributed by atoms with E-state index in [4.69, 9.17) is 5.73 Å². The summed E-state index contributed by atoms with van der Waals surface area (Å²) in [7, 11) is 0. The van der Waals surface area contributed by atoms with E-state index in [0.29, 0.717) is 12.5 Å². The predicted octanol–water partition coefficient (Wildman–Crippen LogP) is 2.74. The van der Waals surface area contributed by atoms with Crippen LogP contribution in [0.2, 0.25) is 0 Å². The van der Waals surface area contributed by atoms with Crippen molar-refractivity contribution in [3.05, 3.63) is 42.9 Å². The van der Waals surface area contributed by atoms with Crippen molar-refractivity contribution in [2.75, 3.05) is 11.9 Å². The van der Waals surface area contributed by atoms with Crippen LogP contribution in [0.5, 0.6) is 0 Å². The summed E-state index contributed by atoms with van der Waals surface area (Å²) in [6, 6.07) is 10.3. The Morgan fingerprint density at radius 2 is 1.96 bits per heavy atom. The van der Waals surface area contributed by atoms with E-state index in [-0.39, 0.29) is 6.04 Å². The molecule has 2 heterocycles. The highest BCUT2D eigenvalue weighted by molar-refractivity contribution is 5.87. The number of fused-ring (bicyclic) bond motifs is 1. The number of nitrogens with zero attached hydrogens (tertiary/aromatic N) is 4. The van der Waals surface area contributed by atoms with Crippen LogP contribution in [-0.2, 0) is 0 Å². The van der Waals surface area contributed by atoms with Gasteiger partial charge in [0.05, 0.1) is 17.3 Å². The smallest absolute Gasteiger partial charge is 0.168 e. The van der Waals surface area contributed by atoms with E-state index in [1.165, 1.54) is 25.7 Å². The molecular formula is C18H22N6. The van der Waals surface area contributed by atoms with Gasteiger partial charge in [0.2, 0.25) is 0 Å². The van der Waals surface area contributed by atoms with Crippen molar-refractivity contribution in [2.24, 2.45) is 11.7 Å². The molecule has 6 heteroatoms. The number of benzene rings is 1. The number of hydrogen-bond donors (Lipinski definition) is 2. The Kier molecular flexibility index (Phi) is 4.13. The van der Waals surface area contributed by atoms with Gasteiger partial charge in [-0.1, -0.05) is 31.0 Å². The average molecular weight is 322 g/mol. The molecule has 1 fully saturated rings. The van der Waals surface area contributed by atoms with E-state index in [1.807, 2.05) is 41.2 Å². The van der Waals surface area contributed by atoms with Gasteiger partial charge in [0.25, 0.3) is 0 Å².